The van der Waals surface area contributed by atoms with Crippen molar-refractivity contribution in [2.24, 2.45) is 0 Å². The summed E-state index contributed by atoms with van der Waals surface area (Å²) in [5.41, 5.74) is 2.64. The molecule has 0 heterocycles. The van der Waals surface area contributed by atoms with Gasteiger partial charge in [0.2, 0.25) is 21.8 Å². The average Bonchev–Trinajstić information content (AvgIpc) is 2.78. The van der Waals surface area contributed by atoms with Crippen molar-refractivity contribution in [2.45, 2.75) is 78.9 Å². The van der Waals surface area contributed by atoms with Crippen LogP contribution in [0.25, 0.3) is 0 Å². The van der Waals surface area contributed by atoms with Gasteiger partial charge in [0.05, 0.1) is 11.9 Å². The van der Waals surface area contributed by atoms with Gasteiger partial charge in [0, 0.05) is 35.1 Å². The third-order valence-electron chi connectivity index (χ3n) is 6.24. The molecule has 0 aromatic heterocycles. The van der Waals surface area contributed by atoms with Gasteiger partial charge in [-0.15, -0.1) is 0 Å². The fourth-order valence-electron chi connectivity index (χ4n) is 4.19. The Hall–Kier alpha value is -2.29. The van der Waals surface area contributed by atoms with Gasteiger partial charge in [-0.1, -0.05) is 48.3 Å². The van der Waals surface area contributed by atoms with E-state index in [4.69, 9.17) is 23.2 Å². The molecule has 0 aliphatic rings. The summed E-state index contributed by atoms with van der Waals surface area (Å²) in [7, 11) is -3.57. The predicted octanol–water partition coefficient (Wildman–Crippen LogP) is 5.88. The van der Waals surface area contributed by atoms with E-state index in [2.05, 4.69) is 5.32 Å². The number of carbonyl (C=O) groups is 2. The molecule has 0 aliphatic carbocycles. The van der Waals surface area contributed by atoms with Crippen LogP contribution < -0.4 is 9.62 Å². The van der Waals surface area contributed by atoms with Crippen LogP contribution in [0.15, 0.2) is 36.4 Å². The van der Waals surface area contributed by atoms with Gasteiger partial charge >= 0.3 is 0 Å². The number of aryl methyl sites for hydroxylation is 1. The number of hydrogen-bond donors (Lipinski definition) is 1. The summed E-state index contributed by atoms with van der Waals surface area (Å²) in [5.74, 6) is -0.520. The van der Waals surface area contributed by atoms with Gasteiger partial charge in [-0.05, 0) is 82.3 Å². The second-order valence-corrected chi connectivity index (χ2v) is 13.3. The van der Waals surface area contributed by atoms with Crippen molar-refractivity contribution < 1.29 is 18.0 Å². The lowest BCUT2D eigenvalue weighted by Crippen LogP contribution is -2.53. The monoisotopic (exact) mass is 583 g/mol. The first-order valence-electron chi connectivity index (χ1n) is 12.6. The topological polar surface area (TPSA) is 86.8 Å². The van der Waals surface area contributed by atoms with Crippen LogP contribution in [0.2, 0.25) is 10.0 Å². The van der Waals surface area contributed by atoms with Crippen LogP contribution >= 0.6 is 23.2 Å². The van der Waals surface area contributed by atoms with E-state index in [0.29, 0.717) is 27.7 Å². The van der Waals surface area contributed by atoms with Crippen LogP contribution in [0.4, 0.5) is 5.69 Å². The molecule has 38 heavy (non-hydrogen) atoms. The van der Waals surface area contributed by atoms with Gasteiger partial charge in [-0.2, -0.15) is 0 Å². The zero-order chi connectivity index (χ0) is 28.8. The van der Waals surface area contributed by atoms with E-state index in [0.717, 1.165) is 17.4 Å². The van der Waals surface area contributed by atoms with Crippen LogP contribution in [0.5, 0.6) is 0 Å². The van der Waals surface area contributed by atoms with E-state index in [1.165, 1.54) is 9.21 Å². The maximum absolute atomic E-state index is 13.6. The Morgan fingerprint density at radius 2 is 1.74 bits per heavy atom. The molecule has 0 fully saturated rings. The Bertz CT molecular complexity index is 1260. The summed E-state index contributed by atoms with van der Waals surface area (Å²) < 4.78 is 26.6. The Morgan fingerprint density at radius 3 is 2.29 bits per heavy atom. The van der Waals surface area contributed by atoms with E-state index in [1.807, 2.05) is 53.7 Å². The predicted molar refractivity (Wildman–Crippen MR) is 156 cm³/mol. The number of carbonyl (C=O) groups excluding carboxylic acids is 2. The second kappa shape index (κ2) is 13.2. The first kappa shape index (κ1) is 31.9. The quantitative estimate of drug-likeness (QED) is 0.358. The molecule has 0 bridgehead atoms. The van der Waals surface area contributed by atoms with Crippen molar-refractivity contribution >= 4 is 50.7 Å². The summed E-state index contributed by atoms with van der Waals surface area (Å²) in [6.45, 7) is 11.6. The molecular weight excluding hydrogens is 545 g/mol. The molecule has 0 saturated carbocycles. The van der Waals surface area contributed by atoms with Crippen LogP contribution in [-0.4, -0.2) is 49.5 Å². The summed E-state index contributed by atoms with van der Waals surface area (Å²) in [6.07, 6.45) is 1.90. The third-order valence-corrected chi connectivity index (χ3v) is 8.00. The average molecular weight is 585 g/mol. The lowest BCUT2D eigenvalue weighted by atomic mass is 10.0. The molecule has 10 heteroatoms. The fraction of sp³-hybridized carbons (Fsp3) is 0.500. The third kappa shape index (κ3) is 8.89. The second-order valence-electron chi connectivity index (χ2n) is 10.6. The normalized spacial score (nSPS) is 12.7. The largest absolute Gasteiger partial charge is 0.350 e. The van der Waals surface area contributed by atoms with E-state index in [9.17, 15) is 18.0 Å². The highest BCUT2D eigenvalue weighted by molar-refractivity contribution is 7.92. The van der Waals surface area contributed by atoms with Crippen molar-refractivity contribution in [3.8, 4) is 0 Å². The number of anilines is 1. The molecule has 0 aliphatic heterocycles. The number of amides is 2. The number of nitrogens with one attached hydrogen (secondary N) is 1. The number of hydrogen-bond acceptors (Lipinski definition) is 4. The maximum Gasteiger partial charge on any atom is 0.243 e. The van der Waals surface area contributed by atoms with Crippen molar-refractivity contribution in [1.82, 2.24) is 10.2 Å². The molecule has 1 atom stereocenters. The molecule has 2 aromatic rings. The van der Waals surface area contributed by atoms with Crippen molar-refractivity contribution in [3.63, 3.8) is 0 Å². The zero-order valence-corrected chi connectivity index (χ0v) is 25.6. The minimum absolute atomic E-state index is 0.0569. The van der Waals surface area contributed by atoms with Crippen molar-refractivity contribution in [2.75, 3.05) is 17.1 Å². The standard InChI is InChI=1S/C28H39Cl2N3O4S/c1-8-24(27(35)31-28(4,5)6)32(18-21-14-15-22(29)17-23(21)30)26(34)13-10-16-33(38(7,36)37)25-12-9-11-19(2)20(25)3/h9,11-12,14-15,17,24H,8,10,13,16,18H2,1-7H3,(H,31,35)/t24-/m1/s1. The molecule has 0 unspecified atom stereocenters. The Kier molecular flexibility index (Phi) is 11.1. The van der Waals surface area contributed by atoms with Gasteiger partial charge in [-0.3, -0.25) is 13.9 Å². The molecule has 210 valence electrons. The van der Waals surface area contributed by atoms with E-state index in [-0.39, 0.29) is 37.7 Å². The van der Waals surface area contributed by atoms with Gasteiger partial charge in [0.1, 0.15) is 6.04 Å². The molecule has 0 radical (unpaired) electrons. The summed E-state index contributed by atoms with van der Waals surface area (Å²) in [5, 5.41) is 3.84. The van der Waals surface area contributed by atoms with Gasteiger partial charge in [0.25, 0.3) is 0 Å². The van der Waals surface area contributed by atoms with Crippen LogP contribution in [0.1, 0.15) is 63.6 Å². The van der Waals surface area contributed by atoms with Crippen molar-refractivity contribution in [1.29, 1.82) is 0 Å². The number of halogens is 2. The molecule has 0 spiro atoms. The summed E-state index contributed by atoms with van der Waals surface area (Å²) in [6, 6.07) is 9.82. The molecular formula is C28H39Cl2N3O4S. The molecule has 0 saturated heterocycles. The molecule has 2 rings (SSSR count). The lowest BCUT2D eigenvalue weighted by molar-refractivity contribution is -0.142. The van der Waals surface area contributed by atoms with Gasteiger partial charge < -0.3 is 10.2 Å². The Morgan fingerprint density at radius 1 is 1.08 bits per heavy atom. The minimum atomic E-state index is -3.57. The molecule has 2 amide bonds. The molecule has 2 aromatic carbocycles. The summed E-state index contributed by atoms with van der Waals surface area (Å²) >= 11 is 12.5. The first-order valence-corrected chi connectivity index (χ1v) is 15.2. The minimum Gasteiger partial charge on any atom is -0.350 e. The van der Waals surface area contributed by atoms with Crippen molar-refractivity contribution in [3.05, 3.63) is 63.1 Å². The number of sulfonamides is 1. The first-order chi connectivity index (χ1) is 17.5. The van der Waals surface area contributed by atoms with Crippen LogP contribution in [0, 0.1) is 13.8 Å². The van der Waals surface area contributed by atoms with E-state index in [1.54, 1.807) is 24.3 Å². The van der Waals surface area contributed by atoms with Crippen LogP contribution in [-0.2, 0) is 26.2 Å². The highest BCUT2D eigenvalue weighted by Crippen LogP contribution is 2.27. The number of benzene rings is 2. The van der Waals surface area contributed by atoms with E-state index < -0.39 is 21.6 Å². The Balaban J connectivity index is 2.31. The smallest absolute Gasteiger partial charge is 0.243 e. The summed E-state index contributed by atoms with van der Waals surface area (Å²) in [4.78, 5) is 28.3. The Labute approximate surface area is 237 Å². The SMILES string of the molecule is CC[C@H](C(=O)NC(C)(C)C)N(Cc1ccc(Cl)cc1Cl)C(=O)CCCN(c1cccc(C)c1C)S(C)(=O)=O. The molecule has 7 nitrogen and oxygen atoms in total. The van der Waals surface area contributed by atoms with Gasteiger partial charge in [-0.25, -0.2) is 8.42 Å². The highest BCUT2D eigenvalue weighted by Gasteiger charge is 2.31. The highest BCUT2D eigenvalue weighted by atomic mass is 35.5. The van der Waals surface area contributed by atoms with Gasteiger partial charge in [0.15, 0.2) is 0 Å². The zero-order valence-electron chi connectivity index (χ0n) is 23.3. The van der Waals surface area contributed by atoms with E-state index >= 15 is 0 Å². The number of nitrogens with zero attached hydrogens (tertiary/aromatic N) is 2. The fourth-order valence-corrected chi connectivity index (χ4v) is 5.68. The number of rotatable bonds is 11. The lowest BCUT2D eigenvalue weighted by Gasteiger charge is -2.33. The molecule has 1 N–H and O–H groups in total. The van der Waals surface area contributed by atoms with Crippen LogP contribution in [0.3, 0.4) is 0 Å². The maximum atomic E-state index is 13.6.